The van der Waals surface area contributed by atoms with Crippen molar-refractivity contribution in [3.05, 3.63) is 68.9 Å². The molecular weight excluding hydrogens is 302 g/mol. The molecule has 0 saturated heterocycles. The molecule has 0 aliphatic carbocycles. The predicted molar refractivity (Wildman–Crippen MR) is 80.6 cm³/mol. The van der Waals surface area contributed by atoms with Crippen LogP contribution in [0.25, 0.3) is 16.9 Å². The summed E-state index contributed by atoms with van der Waals surface area (Å²) in [5.74, 6) is 0.0822. The summed E-state index contributed by atoms with van der Waals surface area (Å²) in [4.78, 5) is 22.0. The molecule has 0 aliphatic rings. The Morgan fingerprint density at radius 2 is 1.96 bits per heavy atom. The van der Waals surface area contributed by atoms with E-state index in [2.05, 4.69) is 5.10 Å². The van der Waals surface area contributed by atoms with Gasteiger partial charge in [-0.25, -0.2) is 9.48 Å². The van der Waals surface area contributed by atoms with Crippen LogP contribution < -0.4 is 5.63 Å². The number of rotatable bonds is 3. The summed E-state index contributed by atoms with van der Waals surface area (Å²) in [7, 11) is 0. The lowest BCUT2D eigenvalue weighted by Gasteiger charge is -2.02. The molecule has 0 amide bonds. The highest BCUT2D eigenvalue weighted by atomic mass is 16.6. The highest BCUT2D eigenvalue weighted by Gasteiger charge is 2.15. The SMILES string of the molecule is Cc1cc(O)c(-c2ccn(-c3ccc([N+](=O)[O-])cc3)n2)c(=O)o1. The molecule has 1 N–H and O–H groups in total. The van der Waals surface area contributed by atoms with Gasteiger partial charge in [-0.3, -0.25) is 10.1 Å². The Kier molecular flexibility index (Phi) is 3.41. The second kappa shape index (κ2) is 5.41. The fraction of sp³-hybridized carbons (Fsp3) is 0.0667. The average Bonchev–Trinajstić information content (AvgIpc) is 2.95. The number of benzene rings is 1. The van der Waals surface area contributed by atoms with Crippen molar-refractivity contribution >= 4 is 5.69 Å². The maximum absolute atomic E-state index is 11.9. The number of aryl methyl sites for hydroxylation is 1. The van der Waals surface area contributed by atoms with Crippen molar-refractivity contribution in [2.75, 3.05) is 0 Å². The quantitative estimate of drug-likeness (QED) is 0.587. The summed E-state index contributed by atoms with van der Waals surface area (Å²) in [5, 5.41) is 24.8. The predicted octanol–water partition coefficient (Wildman–Crippen LogP) is 2.41. The van der Waals surface area contributed by atoms with E-state index in [1.54, 1.807) is 19.2 Å². The summed E-state index contributed by atoms with van der Waals surface area (Å²) >= 11 is 0. The monoisotopic (exact) mass is 313 g/mol. The number of nitro groups is 1. The molecule has 0 aliphatic heterocycles. The van der Waals surface area contributed by atoms with Crippen LogP contribution in [-0.2, 0) is 0 Å². The van der Waals surface area contributed by atoms with Gasteiger partial charge in [0.25, 0.3) is 5.69 Å². The van der Waals surface area contributed by atoms with Gasteiger partial charge in [-0.15, -0.1) is 0 Å². The second-order valence-corrected chi connectivity index (χ2v) is 4.82. The third-order valence-electron chi connectivity index (χ3n) is 3.22. The minimum atomic E-state index is -0.684. The Labute approximate surface area is 129 Å². The van der Waals surface area contributed by atoms with Crippen molar-refractivity contribution in [1.82, 2.24) is 9.78 Å². The molecule has 23 heavy (non-hydrogen) atoms. The van der Waals surface area contributed by atoms with E-state index in [4.69, 9.17) is 4.42 Å². The first kappa shape index (κ1) is 14.5. The maximum atomic E-state index is 11.9. The standard InChI is InChI=1S/C15H11N3O5/c1-9-8-13(19)14(15(20)23-9)12-6-7-17(16-12)10-2-4-11(5-3-10)18(21)22/h2-8,19H,1H3. The number of aromatic hydroxyl groups is 1. The second-order valence-electron chi connectivity index (χ2n) is 4.82. The summed E-state index contributed by atoms with van der Waals surface area (Å²) in [6, 6.07) is 8.66. The van der Waals surface area contributed by atoms with Crippen molar-refractivity contribution in [3.8, 4) is 22.7 Å². The minimum absolute atomic E-state index is 0.0297. The molecule has 1 aromatic carbocycles. The molecule has 2 aromatic heterocycles. The van der Waals surface area contributed by atoms with Gasteiger partial charge >= 0.3 is 5.63 Å². The Hall–Kier alpha value is -3.42. The van der Waals surface area contributed by atoms with Crippen molar-refractivity contribution in [2.45, 2.75) is 6.92 Å². The topological polar surface area (TPSA) is 111 Å². The number of non-ortho nitro benzene ring substituents is 1. The largest absolute Gasteiger partial charge is 0.507 e. The van der Waals surface area contributed by atoms with Gasteiger partial charge in [0.05, 0.1) is 10.6 Å². The van der Waals surface area contributed by atoms with E-state index in [0.717, 1.165) is 0 Å². The van der Waals surface area contributed by atoms with Gasteiger partial charge in [0.15, 0.2) is 0 Å². The minimum Gasteiger partial charge on any atom is -0.507 e. The fourth-order valence-electron chi connectivity index (χ4n) is 2.16. The van der Waals surface area contributed by atoms with E-state index in [1.165, 1.54) is 35.0 Å². The first-order valence-electron chi connectivity index (χ1n) is 6.60. The summed E-state index contributed by atoms with van der Waals surface area (Å²) in [6.07, 6.45) is 1.58. The first-order valence-corrected chi connectivity index (χ1v) is 6.60. The number of hydrogen-bond acceptors (Lipinski definition) is 6. The molecule has 0 bridgehead atoms. The molecule has 0 radical (unpaired) electrons. The molecule has 116 valence electrons. The first-order chi connectivity index (χ1) is 11.0. The lowest BCUT2D eigenvalue weighted by atomic mass is 10.2. The maximum Gasteiger partial charge on any atom is 0.349 e. The lowest BCUT2D eigenvalue weighted by Crippen LogP contribution is -2.05. The zero-order valence-corrected chi connectivity index (χ0v) is 12.0. The summed E-state index contributed by atoms with van der Waals surface area (Å²) in [5.41, 5.74) is 0.0816. The highest BCUT2D eigenvalue weighted by Crippen LogP contribution is 2.25. The number of hydrogen-bond donors (Lipinski definition) is 1. The Morgan fingerprint density at radius 1 is 1.26 bits per heavy atom. The van der Waals surface area contributed by atoms with Crippen molar-refractivity contribution in [2.24, 2.45) is 0 Å². The smallest absolute Gasteiger partial charge is 0.349 e. The fourth-order valence-corrected chi connectivity index (χ4v) is 2.16. The van der Waals surface area contributed by atoms with Crippen molar-refractivity contribution < 1.29 is 14.4 Å². The third kappa shape index (κ3) is 2.69. The molecular formula is C15H11N3O5. The molecule has 3 aromatic rings. The molecule has 8 heteroatoms. The highest BCUT2D eigenvalue weighted by molar-refractivity contribution is 5.65. The number of aromatic nitrogens is 2. The zero-order chi connectivity index (χ0) is 16.6. The van der Waals surface area contributed by atoms with Crippen LogP contribution in [0.5, 0.6) is 5.75 Å². The van der Waals surface area contributed by atoms with Crippen LogP contribution in [0.2, 0.25) is 0 Å². The Bertz CT molecular complexity index is 940. The van der Waals surface area contributed by atoms with Crippen LogP contribution in [0.4, 0.5) is 5.69 Å². The summed E-state index contributed by atoms with van der Waals surface area (Å²) < 4.78 is 6.40. The van der Waals surface area contributed by atoms with E-state index in [9.17, 15) is 20.0 Å². The lowest BCUT2D eigenvalue weighted by molar-refractivity contribution is -0.384. The number of nitrogens with zero attached hydrogens (tertiary/aromatic N) is 3. The van der Waals surface area contributed by atoms with E-state index >= 15 is 0 Å². The van der Waals surface area contributed by atoms with Crippen molar-refractivity contribution in [1.29, 1.82) is 0 Å². The molecule has 0 atom stereocenters. The van der Waals surface area contributed by atoms with Gasteiger partial charge in [-0.1, -0.05) is 0 Å². The summed E-state index contributed by atoms with van der Waals surface area (Å²) in [6.45, 7) is 1.56. The van der Waals surface area contributed by atoms with Crippen LogP contribution >= 0.6 is 0 Å². The molecule has 3 rings (SSSR count). The average molecular weight is 313 g/mol. The van der Waals surface area contributed by atoms with Gasteiger partial charge in [0.2, 0.25) is 0 Å². The van der Waals surface area contributed by atoms with Crippen LogP contribution in [0.3, 0.4) is 0 Å². The van der Waals surface area contributed by atoms with Crippen LogP contribution in [0.1, 0.15) is 5.76 Å². The van der Waals surface area contributed by atoms with Crippen molar-refractivity contribution in [3.63, 3.8) is 0 Å². The molecule has 0 spiro atoms. The van der Waals surface area contributed by atoms with E-state index in [0.29, 0.717) is 11.4 Å². The Balaban J connectivity index is 2.01. The molecule has 2 heterocycles. The molecule has 0 fully saturated rings. The van der Waals surface area contributed by atoms with E-state index < -0.39 is 10.5 Å². The zero-order valence-electron chi connectivity index (χ0n) is 12.0. The van der Waals surface area contributed by atoms with E-state index in [1.807, 2.05) is 0 Å². The normalized spacial score (nSPS) is 10.7. The Morgan fingerprint density at radius 3 is 2.57 bits per heavy atom. The molecule has 0 unspecified atom stereocenters. The third-order valence-corrected chi connectivity index (χ3v) is 3.22. The van der Waals surface area contributed by atoms with E-state index in [-0.39, 0.29) is 22.7 Å². The number of nitro benzene ring substituents is 1. The van der Waals surface area contributed by atoms with Gasteiger partial charge in [-0.05, 0) is 25.1 Å². The molecule has 0 saturated carbocycles. The molecule has 8 nitrogen and oxygen atoms in total. The van der Waals surface area contributed by atoms with Gasteiger partial charge in [0, 0.05) is 24.4 Å². The van der Waals surface area contributed by atoms with Crippen LogP contribution in [0, 0.1) is 17.0 Å². The van der Waals surface area contributed by atoms with Crippen LogP contribution in [0.15, 0.2) is 51.8 Å². The van der Waals surface area contributed by atoms with Gasteiger partial charge in [0.1, 0.15) is 22.8 Å². The van der Waals surface area contributed by atoms with Gasteiger partial charge in [-0.2, -0.15) is 5.10 Å². The van der Waals surface area contributed by atoms with Crippen LogP contribution in [-0.4, -0.2) is 19.8 Å². The van der Waals surface area contributed by atoms with Gasteiger partial charge < -0.3 is 9.52 Å².